The fourth-order valence-electron chi connectivity index (χ4n) is 1.30. The van der Waals surface area contributed by atoms with Gasteiger partial charge in [0.1, 0.15) is 0 Å². The van der Waals surface area contributed by atoms with E-state index < -0.39 is 0 Å². The molecule has 0 spiro atoms. The number of nitrogens with zero attached hydrogens (tertiary/aromatic N) is 1. The minimum Gasteiger partial charge on any atom is -0.382 e. The monoisotopic (exact) mass is 224 g/mol. The number of ether oxygens (including phenoxy) is 2. The second-order valence-electron chi connectivity index (χ2n) is 3.55. The third kappa shape index (κ3) is 5.80. The second-order valence-corrected chi connectivity index (χ2v) is 3.55. The van der Waals surface area contributed by atoms with Gasteiger partial charge >= 0.3 is 0 Å². The number of hydrogen-bond donors (Lipinski definition) is 1. The summed E-state index contributed by atoms with van der Waals surface area (Å²) in [5, 5.41) is 3.28. The maximum absolute atomic E-state index is 5.33. The van der Waals surface area contributed by atoms with Crippen molar-refractivity contribution in [2.75, 3.05) is 33.5 Å². The van der Waals surface area contributed by atoms with Crippen LogP contribution in [-0.4, -0.2) is 38.5 Å². The standard InChI is InChI=1S/C12H20N2O2/c1-11-4-3-5-12(14-11)10-13-6-7-16-9-8-15-2/h3-5,13H,6-10H2,1-2H3. The molecular formula is C12H20N2O2. The van der Waals surface area contributed by atoms with Crippen LogP contribution in [0.15, 0.2) is 18.2 Å². The molecule has 1 rings (SSSR count). The Hall–Kier alpha value is -0.970. The lowest BCUT2D eigenvalue weighted by Gasteiger charge is -2.06. The van der Waals surface area contributed by atoms with Gasteiger partial charge in [0.25, 0.3) is 0 Å². The van der Waals surface area contributed by atoms with Gasteiger partial charge < -0.3 is 14.8 Å². The fraction of sp³-hybridized carbons (Fsp3) is 0.583. The summed E-state index contributed by atoms with van der Waals surface area (Å²) >= 11 is 0. The highest BCUT2D eigenvalue weighted by atomic mass is 16.5. The van der Waals surface area contributed by atoms with Crippen LogP contribution in [0.5, 0.6) is 0 Å². The third-order valence-corrected chi connectivity index (χ3v) is 2.11. The Bertz CT molecular complexity index is 292. The molecule has 0 bridgehead atoms. The SMILES string of the molecule is COCCOCCNCc1cccc(C)n1. The summed E-state index contributed by atoms with van der Waals surface area (Å²) in [5.41, 5.74) is 2.12. The van der Waals surface area contributed by atoms with Gasteiger partial charge in [-0.25, -0.2) is 0 Å². The lowest BCUT2D eigenvalue weighted by Crippen LogP contribution is -2.20. The van der Waals surface area contributed by atoms with Crippen molar-refractivity contribution in [3.8, 4) is 0 Å². The Morgan fingerprint density at radius 3 is 2.88 bits per heavy atom. The molecule has 0 unspecified atom stereocenters. The normalized spacial score (nSPS) is 10.6. The summed E-state index contributed by atoms with van der Waals surface area (Å²) in [6.45, 7) is 5.63. The minimum atomic E-state index is 0.652. The maximum atomic E-state index is 5.33. The summed E-state index contributed by atoms with van der Waals surface area (Å²) in [6.07, 6.45) is 0. The predicted molar refractivity (Wildman–Crippen MR) is 63.4 cm³/mol. The Balaban J connectivity index is 2.03. The van der Waals surface area contributed by atoms with Gasteiger partial charge in [-0.2, -0.15) is 0 Å². The fourth-order valence-corrected chi connectivity index (χ4v) is 1.30. The first-order valence-corrected chi connectivity index (χ1v) is 5.53. The average Bonchev–Trinajstić information content (AvgIpc) is 2.28. The molecule has 0 fully saturated rings. The van der Waals surface area contributed by atoms with Crippen LogP contribution in [0.2, 0.25) is 0 Å². The molecule has 0 aliphatic carbocycles. The molecule has 1 N–H and O–H groups in total. The summed E-state index contributed by atoms with van der Waals surface area (Å²) in [4.78, 5) is 4.40. The van der Waals surface area contributed by atoms with E-state index in [-0.39, 0.29) is 0 Å². The maximum Gasteiger partial charge on any atom is 0.0700 e. The first kappa shape index (κ1) is 13.1. The minimum absolute atomic E-state index is 0.652. The quantitative estimate of drug-likeness (QED) is 0.673. The Morgan fingerprint density at radius 2 is 2.12 bits per heavy atom. The van der Waals surface area contributed by atoms with E-state index in [1.807, 2.05) is 25.1 Å². The van der Waals surface area contributed by atoms with Crippen molar-refractivity contribution in [2.24, 2.45) is 0 Å². The zero-order valence-corrected chi connectivity index (χ0v) is 10.0. The predicted octanol–water partition coefficient (Wildman–Crippen LogP) is 1.14. The summed E-state index contributed by atoms with van der Waals surface area (Å²) in [7, 11) is 1.67. The number of hydrogen-bond acceptors (Lipinski definition) is 4. The zero-order chi connectivity index (χ0) is 11.6. The van der Waals surface area contributed by atoms with E-state index in [2.05, 4.69) is 10.3 Å². The van der Waals surface area contributed by atoms with Crippen molar-refractivity contribution in [3.05, 3.63) is 29.6 Å². The second kappa shape index (κ2) is 8.21. The van der Waals surface area contributed by atoms with Crippen LogP contribution in [0, 0.1) is 6.92 Å². The van der Waals surface area contributed by atoms with Crippen molar-refractivity contribution in [3.63, 3.8) is 0 Å². The van der Waals surface area contributed by atoms with E-state index in [0.29, 0.717) is 19.8 Å². The van der Waals surface area contributed by atoms with Crippen molar-refractivity contribution in [1.29, 1.82) is 0 Å². The molecule has 4 heteroatoms. The topological polar surface area (TPSA) is 43.4 Å². The van der Waals surface area contributed by atoms with Crippen molar-refractivity contribution < 1.29 is 9.47 Å². The average molecular weight is 224 g/mol. The summed E-state index contributed by atoms with van der Waals surface area (Å²) in [5.74, 6) is 0. The van der Waals surface area contributed by atoms with E-state index in [1.165, 1.54) is 0 Å². The molecule has 1 aromatic heterocycles. The largest absolute Gasteiger partial charge is 0.382 e. The molecular weight excluding hydrogens is 204 g/mol. The molecule has 0 aliphatic rings. The lowest BCUT2D eigenvalue weighted by molar-refractivity contribution is 0.0719. The van der Waals surface area contributed by atoms with Gasteiger partial charge in [0.05, 0.1) is 25.5 Å². The first-order chi connectivity index (χ1) is 7.83. The number of methoxy groups -OCH3 is 1. The molecule has 1 aromatic rings. The highest BCUT2D eigenvalue weighted by Crippen LogP contribution is 1.96. The lowest BCUT2D eigenvalue weighted by atomic mass is 10.3. The van der Waals surface area contributed by atoms with Gasteiger partial charge in [-0.3, -0.25) is 4.98 Å². The van der Waals surface area contributed by atoms with Crippen LogP contribution < -0.4 is 5.32 Å². The number of aromatic nitrogens is 1. The highest BCUT2D eigenvalue weighted by molar-refractivity contribution is 5.09. The zero-order valence-electron chi connectivity index (χ0n) is 10.0. The molecule has 0 amide bonds. The summed E-state index contributed by atoms with van der Waals surface area (Å²) in [6, 6.07) is 6.04. The number of nitrogens with one attached hydrogen (secondary N) is 1. The van der Waals surface area contributed by atoms with E-state index in [0.717, 1.165) is 24.5 Å². The van der Waals surface area contributed by atoms with Crippen LogP contribution in [0.25, 0.3) is 0 Å². The highest BCUT2D eigenvalue weighted by Gasteiger charge is 1.94. The van der Waals surface area contributed by atoms with E-state index in [9.17, 15) is 0 Å². The van der Waals surface area contributed by atoms with Crippen LogP contribution in [0.1, 0.15) is 11.4 Å². The van der Waals surface area contributed by atoms with Crippen LogP contribution in [0.4, 0.5) is 0 Å². The van der Waals surface area contributed by atoms with Crippen molar-refractivity contribution in [1.82, 2.24) is 10.3 Å². The van der Waals surface area contributed by atoms with Gasteiger partial charge in [0, 0.05) is 25.9 Å². The van der Waals surface area contributed by atoms with E-state index in [1.54, 1.807) is 7.11 Å². The van der Waals surface area contributed by atoms with Gasteiger partial charge in [-0.15, -0.1) is 0 Å². The first-order valence-electron chi connectivity index (χ1n) is 5.53. The molecule has 4 nitrogen and oxygen atoms in total. The van der Waals surface area contributed by atoms with E-state index >= 15 is 0 Å². The molecule has 90 valence electrons. The molecule has 0 saturated carbocycles. The smallest absolute Gasteiger partial charge is 0.0700 e. The Kier molecular flexibility index (Phi) is 6.72. The van der Waals surface area contributed by atoms with Crippen molar-refractivity contribution in [2.45, 2.75) is 13.5 Å². The molecule has 0 aromatic carbocycles. The van der Waals surface area contributed by atoms with Crippen LogP contribution >= 0.6 is 0 Å². The molecule has 0 saturated heterocycles. The molecule has 0 aliphatic heterocycles. The Labute approximate surface area is 97.0 Å². The molecule has 0 atom stereocenters. The number of pyridine rings is 1. The van der Waals surface area contributed by atoms with Gasteiger partial charge in [-0.1, -0.05) is 6.07 Å². The van der Waals surface area contributed by atoms with Gasteiger partial charge in [-0.05, 0) is 19.1 Å². The van der Waals surface area contributed by atoms with E-state index in [4.69, 9.17) is 9.47 Å². The number of rotatable bonds is 8. The summed E-state index contributed by atoms with van der Waals surface area (Å²) < 4.78 is 10.2. The molecule has 0 radical (unpaired) electrons. The van der Waals surface area contributed by atoms with Crippen LogP contribution in [0.3, 0.4) is 0 Å². The van der Waals surface area contributed by atoms with Gasteiger partial charge in [0.2, 0.25) is 0 Å². The number of aryl methyl sites for hydroxylation is 1. The van der Waals surface area contributed by atoms with Gasteiger partial charge in [0.15, 0.2) is 0 Å². The van der Waals surface area contributed by atoms with Crippen LogP contribution in [-0.2, 0) is 16.0 Å². The third-order valence-electron chi connectivity index (χ3n) is 2.11. The molecule has 16 heavy (non-hydrogen) atoms. The Morgan fingerprint density at radius 1 is 1.25 bits per heavy atom. The van der Waals surface area contributed by atoms with Crippen molar-refractivity contribution >= 4 is 0 Å². The molecule has 1 heterocycles.